The summed E-state index contributed by atoms with van der Waals surface area (Å²) in [4.78, 5) is 23.7. The van der Waals surface area contributed by atoms with E-state index in [-0.39, 0.29) is 12.2 Å². The van der Waals surface area contributed by atoms with E-state index < -0.39 is 11.6 Å². The third-order valence-electron chi connectivity index (χ3n) is 2.93. The van der Waals surface area contributed by atoms with Crippen molar-refractivity contribution in [3.63, 3.8) is 0 Å². The SMILES string of the molecule is CCOC(=O)c1c(=O)on2ccc3ccccc3c12. The van der Waals surface area contributed by atoms with Crippen LogP contribution in [-0.4, -0.2) is 17.1 Å². The Bertz CT molecular complexity index is 828. The molecule has 0 unspecified atom stereocenters. The zero-order chi connectivity index (χ0) is 13.4. The van der Waals surface area contributed by atoms with Crippen LogP contribution < -0.4 is 5.63 Å². The van der Waals surface area contributed by atoms with Crippen molar-refractivity contribution in [2.24, 2.45) is 0 Å². The van der Waals surface area contributed by atoms with Crippen LogP contribution in [0.5, 0.6) is 0 Å². The van der Waals surface area contributed by atoms with Crippen LogP contribution >= 0.6 is 0 Å². The van der Waals surface area contributed by atoms with Crippen molar-refractivity contribution >= 4 is 22.3 Å². The van der Waals surface area contributed by atoms with E-state index in [1.54, 1.807) is 13.1 Å². The van der Waals surface area contributed by atoms with Crippen molar-refractivity contribution in [2.45, 2.75) is 6.92 Å². The van der Waals surface area contributed by atoms with E-state index >= 15 is 0 Å². The highest BCUT2D eigenvalue weighted by molar-refractivity contribution is 6.07. The van der Waals surface area contributed by atoms with Crippen LogP contribution in [0, 0.1) is 0 Å². The molecule has 0 aliphatic carbocycles. The standard InChI is InChI=1S/C14H11NO4/c1-2-18-13(16)11-12-10-6-4-3-5-9(10)7-8-15(12)19-14(11)17/h3-8H,2H2,1H3. The van der Waals surface area contributed by atoms with E-state index in [2.05, 4.69) is 0 Å². The number of rotatable bonds is 2. The fourth-order valence-electron chi connectivity index (χ4n) is 2.14. The Morgan fingerprint density at radius 3 is 2.89 bits per heavy atom. The summed E-state index contributed by atoms with van der Waals surface area (Å²) in [5.41, 5.74) is -0.296. The predicted molar refractivity (Wildman–Crippen MR) is 69.4 cm³/mol. The molecule has 0 atom stereocenters. The van der Waals surface area contributed by atoms with Crippen molar-refractivity contribution in [1.29, 1.82) is 0 Å². The number of benzene rings is 1. The zero-order valence-electron chi connectivity index (χ0n) is 10.3. The summed E-state index contributed by atoms with van der Waals surface area (Å²) in [6.07, 6.45) is 1.61. The topological polar surface area (TPSA) is 60.9 Å². The maximum absolute atomic E-state index is 11.9. The molecule has 5 nitrogen and oxygen atoms in total. The first-order chi connectivity index (χ1) is 9.22. The second kappa shape index (κ2) is 4.28. The van der Waals surface area contributed by atoms with Gasteiger partial charge in [-0.1, -0.05) is 24.3 Å². The molecular weight excluding hydrogens is 246 g/mol. The number of esters is 1. The van der Waals surface area contributed by atoms with Gasteiger partial charge < -0.3 is 9.26 Å². The van der Waals surface area contributed by atoms with Crippen LogP contribution in [0.4, 0.5) is 0 Å². The quantitative estimate of drug-likeness (QED) is 0.660. The second-order valence-electron chi connectivity index (χ2n) is 4.05. The minimum absolute atomic E-state index is 0.0568. The Labute approximate surface area is 108 Å². The Balaban J connectivity index is 2.43. The molecule has 0 aliphatic rings. The molecule has 0 N–H and O–H groups in total. The van der Waals surface area contributed by atoms with Gasteiger partial charge in [-0.15, -0.1) is 0 Å². The largest absolute Gasteiger partial charge is 0.462 e. The molecule has 2 heterocycles. The number of fused-ring (bicyclic) bond motifs is 3. The Morgan fingerprint density at radius 1 is 1.32 bits per heavy atom. The van der Waals surface area contributed by atoms with Crippen LogP contribution in [0.3, 0.4) is 0 Å². The number of hydrogen-bond acceptors (Lipinski definition) is 4. The number of nitrogens with zero attached hydrogens (tertiary/aromatic N) is 1. The lowest BCUT2D eigenvalue weighted by atomic mass is 10.1. The highest BCUT2D eigenvalue weighted by Crippen LogP contribution is 2.22. The summed E-state index contributed by atoms with van der Waals surface area (Å²) >= 11 is 0. The van der Waals surface area contributed by atoms with Gasteiger partial charge >= 0.3 is 11.6 Å². The molecule has 0 bridgehead atoms. The molecule has 3 rings (SSSR count). The Morgan fingerprint density at radius 2 is 2.11 bits per heavy atom. The highest BCUT2D eigenvalue weighted by atomic mass is 16.5. The van der Waals surface area contributed by atoms with E-state index in [9.17, 15) is 9.59 Å². The predicted octanol–water partition coefficient (Wildman–Crippen LogP) is 2.22. The number of hydrogen-bond donors (Lipinski definition) is 0. The van der Waals surface area contributed by atoms with Crippen LogP contribution in [-0.2, 0) is 4.74 Å². The van der Waals surface area contributed by atoms with E-state index in [0.717, 1.165) is 10.8 Å². The molecule has 3 aromatic rings. The van der Waals surface area contributed by atoms with Crippen molar-refractivity contribution in [2.75, 3.05) is 6.61 Å². The fourth-order valence-corrected chi connectivity index (χ4v) is 2.14. The molecule has 96 valence electrons. The number of aromatic nitrogens is 1. The van der Waals surface area contributed by atoms with E-state index in [1.807, 2.05) is 30.3 Å². The third kappa shape index (κ3) is 1.71. The lowest BCUT2D eigenvalue weighted by Crippen LogP contribution is -2.13. The zero-order valence-corrected chi connectivity index (χ0v) is 10.3. The average Bonchev–Trinajstić information content (AvgIpc) is 2.75. The molecule has 1 aromatic carbocycles. The smallest absolute Gasteiger partial charge is 0.373 e. The van der Waals surface area contributed by atoms with Crippen molar-refractivity contribution < 1.29 is 14.1 Å². The van der Waals surface area contributed by atoms with Crippen LogP contribution in [0.25, 0.3) is 16.3 Å². The third-order valence-corrected chi connectivity index (χ3v) is 2.93. The maximum Gasteiger partial charge on any atom is 0.373 e. The molecular formula is C14H11NO4. The van der Waals surface area contributed by atoms with Gasteiger partial charge in [-0.3, -0.25) is 0 Å². The fraction of sp³-hybridized carbons (Fsp3) is 0.143. The molecule has 0 fully saturated rings. The number of ether oxygens (including phenoxy) is 1. The van der Waals surface area contributed by atoms with E-state index in [4.69, 9.17) is 9.26 Å². The van der Waals surface area contributed by atoms with Gasteiger partial charge in [0.25, 0.3) is 0 Å². The van der Waals surface area contributed by atoms with Gasteiger partial charge in [-0.05, 0) is 18.4 Å². The molecule has 0 amide bonds. The minimum atomic E-state index is -0.685. The second-order valence-corrected chi connectivity index (χ2v) is 4.05. The molecule has 0 saturated carbocycles. The summed E-state index contributed by atoms with van der Waals surface area (Å²) in [5, 5.41) is 1.70. The van der Waals surface area contributed by atoms with Crippen molar-refractivity contribution in [3.8, 4) is 0 Å². The van der Waals surface area contributed by atoms with Gasteiger partial charge in [0.05, 0.1) is 6.61 Å². The molecule has 2 aromatic heterocycles. The van der Waals surface area contributed by atoms with E-state index in [1.165, 1.54) is 4.57 Å². The number of carbonyl (C=O) groups is 1. The van der Waals surface area contributed by atoms with Gasteiger partial charge in [0.2, 0.25) is 0 Å². The first-order valence-corrected chi connectivity index (χ1v) is 5.93. The van der Waals surface area contributed by atoms with Gasteiger partial charge in [0.15, 0.2) is 5.56 Å². The average molecular weight is 257 g/mol. The van der Waals surface area contributed by atoms with Gasteiger partial charge in [0, 0.05) is 11.6 Å². The van der Waals surface area contributed by atoms with Crippen molar-refractivity contribution in [1.82, 2.24) is 4.57 Å². The lowest BCUT2D eigenvalue weighted by Gasteiger charge is -2.02. The minimum Gasteiger partial charge on any atom is -0.462 e. The first kappa shape index (κ1) is 11.5. The maximum atomic E-state index is 11.9. The van der Waals surface area contributed by atoms with Crippen LogP contribution in [0.1, 0.15) is 17.3 Å². The molecule has 0 radical (unpaired) electrons. The van der Waals surface area contributed by atoms with Crippen molar-refractivity contribution in [3.05, 3.63) is 52.5 Å². The molecule has 0 spiro atoms. The summed E-state index contributed by atoms with van der Waals surface area (Å²) in [6, 6.07) is 9.29. The lowest BCUT2D eigenvalue weighted by molar-refractivity contribution is 0.0525. The van der Waals surface area contributed by atoms with Gasteiger partial charge in [-0.25, -0.2) is 9.59 Å². The molecule has 0 saturated heterocycles. The monoisotopic (exact) mass is 257 g/mol. The number of pyridine rings is 1. The summed E-state index contributed by atoms with van der Waals surface area (Å²) in [5.74, 6) is -0.657. The van der Waals surface area contributed by atoms with Crippen LogP contribution in [0.2, 0.25) is 0 Å². The normalized spacial score (nSPS) is 11.0. The molecule has 5 heteroatoms. The first-order valence-electron chi connectivity index (χ1n) is 5.93. The summed E-state index contributed by atoms with van der Waals surface area (Å²) in [7, 11) is 0. The van der Waals surface area contributed by atoms with Gasteiger partial charge in [-0.2, -0.15) is 4.57 Å². The molecule has 19 heavy (non-hydrogen) atoms. The summed E-state index contributed by atoms with van der Waals surface area (Å²) in [6.45, 7) is 1.90. The summed E-state index contributed by atoms with van der Waals surface area (Å²) < 4.78 is 11.2. The van der Waals surface area contributed by atoms with Crippen LogP contribution in [0.15, 0.2) is 45.8 Å². The Hall–Kier alpha value is -2.56. The molecule has 0 aliphatic heterocycles. The van der Waals surface area contributed by atoms with E-state index in [0.29, 0.717) is 5.52 Å². The highest BCUT2D eigenvalue weighted by Gasteiger charge is 2.22. The Kier molecular flexibility index (Phi) is 2.59. The number of carbonyl (C=O) groups excluding carboxylic acids is 1. The van der Waals surface area contributed by atoms with Gasteiger partial charge in [0.1, 0.15) is 5.52 Å².